The summed E-state index contributed by atoms with van der Waals surface area (Å²) in [6.07, 6.45) is 3.45. The quantitative estimate of drug-likeness (QED) is 0.773. The van der Waals surface area contributed by atoms with E-state index in [0.717, 1.165) is 11.6 Å². The molecule has 0 aliphatic carbocycles. The van der Waals surface area contributed by atoms with Crippen molar-refractivity contribution < 1.29 is 9.50 Å². The number of halogens is 1. The van der Waals surface area contributed by atoms with Gasteiger partial charge in [-0.1, -0.05) is 11.3 Å². The normalized spacial score (nSPS) is 10.6. The smallest absolute Gasteiger partial charge is 0.135 e. The summed E-state index contributed by atoms with van der Waals surface area (Å²) in [6, 6.07) is 7.61. The number of aromatic hydroxyl groups is 1. The van der Waals surface area contributed by atoms with Crippen molar-refractivity contribution in [2.45, 2.75) is 6.54 Å². The number of anilines is 1. The predicted octanol–water partition coefficient (Wildman–Crippen LogP) is 2.33. The lowest BCUT2D eigenvalue weighted by molar-refractivity contribution is 0.463. The van der Waals surface area contributed by atoms with Crippen LogP contribution >= 0.6 is 0 Å². The van der Waals surface area contributed by atoms with Crippen LogP contribution in [0.5, 0.6) is 5.75 Å². The predicted molar refractivity (Wildman–Crippen MR) is 79.6 cm³/mol. The van der Waals surface area contributed by atoms with E-state index in [1.165, 1.54) is 12.1 Å². The third-order valence-corrected chi connectivity index (χ3v) is 3.18. The van der Waals surface area contributed by atoms with Gasteiger partial charge < -0.3 is 10.4 Å². The van der Waals surface area contributed by atoms with Crippen molar-refractivity contribution in [2.75, 3.05) is 5.32 Å². The fourth-order valence-corrected chi connectivity index (χ4v) is 2.09. The van der Waals surface area contributed by atoms with E-state index in [-0.39, 0.29) is 5.75 Å². The van der Waals surface area contributed by atoms with Crippen LogP contribution in [0.25, 0.3) is 11.3 Å². The van der Waals surface area contributed by atoms with Crippen LogP contribution in [0, 0.1) is 5.82 Å². The van der Waals surface area contributed by atoms with E-state index in [4.69, 9.17) is 0 Å². The molecular weight excluding hydrogens is 285 g/mol. The van der Waals surface area contributed by atoms with Crippen molar-refractivity contribution in [3.05, 3.63) is 54.1 Å². The maximum atomic E-state index is 13.0. The number of aromatic nitrogens is 4. The second kappa shape index (κ2) is 5.80. The number of pyridine rings is 1. The number of aryl methyl sites for hydroxylation is 1. The highest BCUT2D eigenvalue weighted by atomic mass is 19.1. The minimum atomic E-state index is -0.473. The SMILES string of the molecule is Cn1cc(-c2cccnc2NCc2ccc(F)cc2O)nn1. The summed E-state index contributed by atoms with van der Waals surface area (Å²) in [5.41, 5.74) is 2.08. The van der Waals surface area contributed by atoms with E-state index in [0.29, 0.717) is 23.6 Å². The Bertz CT molecular complexity index is 802. The van der Waals surface area contributed by atoms with Gasteiger partial charge in [-0.3, -0.25) is 4.68 Å². The number of nitrogens with one attached hydrogen (secondary N) is 1. The van der Waals surface area contributed by atoms with Crippen LogP contribution in [0.1, 0.15) is 5.56 Å². The molecule has 2 N–H and O–H groups in total. The summed E-state index contributed by atoms with van der Waals surface area (Å²) in [5, 5.41) is 20.8. The molecule has 2 heterocycles. The van der Waals surface area contributed by atoms with E-state index >= 15 is 0 Å². The third kappa shape index (κ3) is 2.88. The van der Waals surface area contributed by atoms with Crippen LogP contribution < -0.4 is 5.32 Å². The molecule has 0 atom stereocenters. The standard InChI is InChI=1S/C15H14FN5O/c1-21-9-13(19-20-21)12-3-2-6-17-15(12)18-8-10-4-5-11(16)7-14(10)22/h2-7,9,22H,8H2,1H3,(H,17,18). The molecule has 1 aromatic carbocycles. The van der Waals surface area contributed by atoms with Gasteiger partial charge in [-0.25, -0.2) is 9.37 Å². The molecule has 0 bridgehead atoms. The number of benzene rings is 1. The zero-order valence-corrected chi connectivity index (χ0v) is 11.9. The molecule has 0 aliphatic rings. The van der Waals surface area contributed by atoms with Crippen molar-refractivity contribution in [3.63, 3.8) is 0 Å². The van der Waals surface area contributed by atoms with Crippen LogP contribution in [0.3, 0.4) is 0 Å². The largest absolute Gasteiger partial charge is 0.507 e. The van der Waals surface area contributed by atoms with E-state index in [1.807, 2.05) is 12.1 Å². The molecule has 6 nitrogen and oxygen atoms in total. The summed E-state index contributed by atoms with van der Waals surface area (Å²) in [4.78, 5) is 4.28. The van der Waals surface area contributed by atoms with Crippen molar-refractivity contribution in [3.8, 4) is 17.0 Å². The highest BCUT2D eigenvalue weighted by Crippen LogP contribution is 2.25. The topological polar surface area (TPSA) is 75.9 Å². The first-order valence-corrected chi connectivity index (χ1v) is 6.66. The zero-order chi connectivity index (χ0) is 15.5. The molecule has 0 saturated heterocycles. The average Bonchev–Trinajstić information content (AvgIpc) is 2.93. The maximum absolute atomic E-state index is 13.0. The minimum Gasteiger partial charge on any atom is -0.507 e. The summed E-state index contributed by atoms with van der Waals surface area (Å²) in [7, 11) is 1.79. The van der Waals surface area contributed by atoms with Crippen LogP contribution in [-0.2, 0) is 13.6 Å². The Labute approximate surface area is 126 Å². The molecule has 0 radical (unpaired) electrons. The average molecular weight is 299 g/mol. The van der Waals surface area contributed by atoms with Gasteiger partial charge in [0, 0.05) is 37.0 Å². The molecule has 0 unspecified atom stereocenters. The number of hydrogen-bond donors (Lipinski definition) is 2. The van der Waals surface area contributed by atoms with Crippen molar-refractivity contribution in [2.24, 2.45) is 7.05 Å². The van der Waals surface area contributed by atoms with Crippen LogP contribution in [0.2, 0.25) is 0 Å². The number of phenols is 1. The van der Waals surface area contributed by atoms with Gasteiger partial charge in [0.25, 0.3) is 0 Å². The Morgan fingerprint density at radius 2 is 2.18 bits per heavy atom. The van der Waals surface area contributed by atoms with Crippen LogP contribution in [-0.4, -0.2) is 25.1 Å². The van der Waals surface area contributed by atoms with Crippen LogP contribution in [0.4, 0.5) is 10.2 Å². The minimum absolute atomic E-state index is 0.0931. The van der Waals surface area contributed by atoms with Gasteiger partial charge in [0.15, 0.2) is 0 Å². The molecule has 112 valence electrons. The summed E-state index contributed by atoms with van der Waals surface area (Å²) in [5.74, 6) is 0.0514. The Morgan fingerprint density at radius 3 is 2.91 bits per heavy atom. The lowest BCUT2D eigenvalue weighted by Gasteiger charge is -2.10. The first-order chi connectivity index (χ1) is 10.6. The molecule has 7 heteroatoms. The van der Waals surface area contributed by atoms with Crippen LogP contribution in [0.15, 0.2) is 42.7 Å². The monoisotopic (exact) mass is 299 g/mol. The Kier molecular flexibility index (Phi) is 3.69. The first kappa shape index (κ1) is 14.0. The molecule has 0 amide bonds. The Balaban J connectivity index is 1.84. The highest BCUT2D eigenvalue weighted by Gasteiger charge is 2.10. The number of hydrogen-bond acceptors (Lipinski definition) is 5. The molecule has 3 aromatic rings. The van der Waals surface area contributed by atoms with Gasteiger partial charge in [0.05, 0.1) is 6.20 Å². The highest BCUT2D eigenvalue weighted by molar-refractivity contribution is 5.71. The van der Waals surface area contributed by atoms with E-state index in [9.17, 15) is 9.50 Å². The molecular formula is C15H14FN5O. The molecule has 2 aromatic heterocycles. The second-order valence-electron chi connectivity index (χ2n) is 4.80. The van der Waals surface area contributed by atoms with Gasteiger partial charge in [0.1, 0.15) is 23.1 Å². The lowest BCUT2D eigenvalue weighted by Crippen LogP contribution is -2.03. The van der Waals surface area contributed by atoms with E-state index < -0.39 is 5.82 Å². The van der Waals surface area contributed by atoms with E-state index in [2.05, 4.69) is 20.6 Å². The van der Waals surface area contributed by atoms with Crippen molar-refractivity contribution >= 4 is 5.82 Å². The fourth-order valence-electron chi connectivity index (χ4n) is 2.09. The summed E-state index contributed by atoms with van der Waals surface area (Å²) in [6.45, 7) is 0.316. The van der Waals surface area contributed by atoms with Crippen molar-refractivity contribution in [1.82, 2.24) is 20.0 Å². The van der Waals surface area contributed by atoms with Gasteiger partial charge in [0.2, 0.25) is 0 Å². The van der Waals surface area contributed by atoms with Gasteiger partial charge in [-0.05, 0) is 18.2 Å². The summed E-state index contributed by atoms with van der Waals surface area (Å²) < 4.78 is 14.6. The molecule has 22 heavy (non-hydrogen) atoms. The van der Waals surface area contributed by atoms with E-state index in [1.54, 1.807) is 24.1 Å². The Hall–Kier alpha value is -2.96. The molecule has 0 spiro atoms. The third-order valence-electron chi connectivity index (χ3n) is 3.18. The number of rotatable bonds is 4. The van der Waals surface area contributed by atoms with Crippen molar-refractivity contribution in [1.29, 1.82) is 0 Å². The first-order valence-electron chi connectivity index (χ1n) is 6.66. The lowest BCUT2D eigenvalue weighted by atomic mass is 10.1. The number of phenolic OH excluding ortho intramolecular Hbond substituents is 1. The van der Waals surface area contributed by atoms with Gasteiger partial charge in [-0.15, -0.1) is 5.10 Å². The molecule has 0 aliphatic heterocycles. The summed E-state index contributed by atoms with van der Waals surface area (Å²) >= 11 is 0. The molecule has 0 fully saturated rings. The molecule has 3 rings (SSSR count). The Morgan fingerprint density at radius 1 is 1.32 bits per heavy atom. The second-order valence-corrected chi connectivity index (χ2v) is 4.80. The maximum Gasteiger partial charge on any atom is 0.135 e. The molecule has 0 saturated carbocycles. The van der Waals surface area contributed by atoms with Gasteiger partial charge >= 0.3 is 0 Å². The number of nitrogens with zero attached hydrogens (tertiary/aromatic N) is 4. The van der Waals surface area contributed by atoms with Gasteiger partial charge in [-0.2, -0.15) is 0 Å². The zero-order valence-electron chi connectivity index (χ0n) is 11.9. The fraction of sp³-hybridized carbons (Fsp3) is 0.133.